The monoisotopic (exact) mass is 379 g/mol. The molecule has 5 heteroatoms. The number of nitrogens with zero attached hydrogens (tertiary/aromatic N) is 1. The number of carboxylic acid groups (broad SMARTS) is 1. The van der Waals surface area contributed by atoms with E-state index in [-0.39, 0.29) is 16.6 Å². The number of carboxylic acids is 1. The van der Waals surface area contributed by atoms with Gasteiger partial charge in [0.2, 0.25) is 0 Å². The number of rotatable bonds is 4. The standard InChI is InChI=1S/C23H25NO4/c1-22(2)14-23(3,4)28-20-12-10-17(13-18(20)22)19(24-27)11-7-15-5-8-16(9-6-15)21(25)26/h5-13,27H,14H2,1-4H3,(H,25,26)/b11-7+,24-19+. The predicted molar refractivity (Wildman–Crippen MR) is 110 cm³/mol. The first-order valence-electron chi connectivity index (χ1n) is 9.19. The molecule has 0 atom stereocenters. The van der Waals surface area contributed by atoms with Crippen LogP contribution in [0.25, 0.3) is 6.08 Å². The van der Waals surface area contributed by atoms with Crippen LogP contribution in [0.2, 0.25) is 0 Å². The molecule has 1 heterocycles. The van der Waals surface area contributed by atoms with E-state index >= 15 is 0 Å². The molecule has 0 spiro atoms. The van der Waals surface area contributed by atoms with Gasteiger partial charge in [-0.15, -0.1) is 0 Å². The summed E-state index contributed by atoms with van der Waals surface area (Å²) in [6.07, 6.45) is 4.37. The van der Waals surface area contributed by atoms with Crippen molar-refractivity contribution < 1.29 is 19.8 Å². The fourth-order valence-corrected chi connectivity index (χ4v) is 3.90. The Morgan fingerprint density at radius 1 is 1.07 bits per heavy atom. The van der Waals surface area contributed by atoms with Gasteiger partial charge >= 0.3 is 5.97 Å². The zero-order chi connectivity index (χ0) is 20.5. The van der Waals surface area contributed by atoms with Gasteiger partial charge in [0.05, 0.1) is 5.56 Å². The number of oxime groups is 1. The van der Waals surface area contributed by atoms with Gasteiger partial charge in [0.1, 0.15) is 17.1 Å². The van der Waals surface area contributed by atoms with Crippen molar-refractivity contribution in [1.29, 1.82) is 0 Å². The molecule has 0 amide bonds. The zero-order valence-electron chi connectivity index (χ0n) is 16.6. The van der Waals surface area contributed by atoms with Gasteiger partial charge in [-0.1, -0.05) is 37.2 Å². The van der Waals surface area contributed by atoms with Crippen molar-refractivity contribution in [2.45, 2.75) is 45.1 Å². The van der Waals surface area contributed by atoms with E-state index in [0.717, 1.165) is 28.9 Å². The lowest BCUT2D eigenvalue weighted by molar-refractivity contribution is 0.0534. The fraction of sp³-hybridized carbons (Fsp3) is 0.304. The van der Waals surface area contributed by atoms with Gasteiger partial charge in [-0.25, -0.2) is 4.79 Å². The Balaban J connectivity index is 1.89. The van der Waals surface area contributed by atoms with Crippen LogP contribution in [0.15, 0.2) is 53.7 Å². The molecule has 2 N–H and O–H groups in total. The lowest BCUT2D eigenvalue weighted by Gasteiger charge is -2.42. The number of benzene rings is 2. The van der Waals surface area contributed by atoms with E-state index in [4.69, 9.17) is 9.84 Å². The highest BCUT2D eigenvalue weighted by Gasteiger charge is 2.39. The summed E-state index contributed by atoms with van der Waals surface area (Å²) in [4.78, 5) is 10.9. The summed E-state index contributed by atoms with van der Waals surface area (Å²) in [7, 11) is 0. The number of aromatic carboxylic acids is 1. The maximum absolute atomic E-state index is 10.9. The van der Waals surface area contributed by atoms with Gasteiger partial charge in [0, 0.05) is 11.1 Å². The molecular weight excluding hydrogens is 354 g/mol. The topological polar surface area (TPSA) is 79.1 Å². The largest absolute Gasteiger partial charge is 0.488 e. The Labute approximate surface area is 165 Å². The molecule has 0 radical (unpaired) electrons. The second-order valence-corrected chi connectivity index (χ2v) is 8.38. The second-order valence-electron chi connectivity index (χ2n) is 8.38. The molecule has 2 aromatic carbocycles. The predicted octanol–water partition coefficient (Wildman–Crippen LogP) is 5.12. The maximum atomic E-state index is 10.9. The Hall–Kier alpha value is -3.08. The summed E-state index contributed by atoms with van der Waals surface area (Å²) in [6.45, 7) is 8.56. The minimum Gasteiger partial charge on any atom is -0.488 e. The zero-order valence-corrected chi connectivity index (χ0v) is 16.6. The Morgan fingerprint density at radius 3 is 2.32 bits per heavy atom. The van der Waals surface area contributed by atoms with Crippen LogP contribution in [0.5, 0.6) is 5.75 Å². The highest BCUT2D eigenvalue weighted by molar-refractivity contribution is 6.10. The van der Waals surface area contributed by atoms with Crippen LogP contribution >= 0.6 is 0 Å². The molecule has 28 heavy (non-hydrogen) atoms. The number of hydrogen-bond acceptors (Lipinski definition) is 4. The fourth-order valence-electron chi connectivity index (χ4n) is 3.90. The quantitative estimate of drug-likeness (QED) is 0.439. The molecular formula is C23H25NO4. The average Bonchev–Trinajstić information content (AvgIpc) is 2.61. The van der Waals surface area contributed by atoms with Gasteiger partial charge in [-0.05, 0) is 67.7 Å². The lowest BCUT2D eigenvalue weighted by Crippen LogP contribution is -2.41. The van der Waals surface area contributed by atoms with Crippen molar-refractivity contribution >= 4 is 17.8 Å². The van der Waals surface area contributed by atoms with Crippen LogP contribution in [0, 0.1) is 0 Å². The van der Waals surface area contributed by atoms with Crippen LogP contribution in [-0.4, -0.2) is 27.6 Å². The van der Waals surface area contributed by atoms with Gasteiger partial charge in [0.25, 0.3) is 0 Å². The van der Waals surface area contributed by atoms with E-state index < -0.39 is 5.97 Å². The molecule has 0 fully saturated rings. The van der Waals surface area contributed by atoms with Crippen LogP contribution in [-0.2, 0) is 5.41 Å². The van der Waals surface area contributed by atoms with Gasteiger partial charge < -0.3 is 15.1 Å². The number of fused-ring (bicyclic) bond motifs is 1. The third-order valence-corrected chi connectivity index (χ3v) is 4.96. The maximum Gasteiger partial charge on any atom is 0.335 e. The highest BCUT2D eigenvalue weighted by Crippen LogP contribution is 2.44. The molecule has 0 aromatic heterocycles. The number of allylic oxidation sites excluding steroid dienone is 1. The summed E-state index contributed by atoms with van der Waals surface area (Å²) < 4.78 is 6.11. The number of ether oxygens (including phenoxy) is 1. The molecule has 0 saturated carbocycles. The first-order valence-corrected chi connectivity index (χ1v) is 9.19. The second kappa shape index (κ2) is 7.15. The van der Waals surface area contributed by atoms with Crippen LogP contribution in [0.3, 0.4) is 0 Å². The molecule has 5 nitrogen and oxygen atoms in total. The van der Waals surface area contributed by atoms with Gasteiger partial charge in [-0.3, -0.25) is 0 Å². The average molecular weight is 379 g/mol. The van der Waals surface area contributed by atoms with Crippen molar-refractivity contribution in [3.63, 3.8) is 0 Å². The highest BCUT2D eigenvalue weighted by atomic mass is 16.5. The minimum atomic E-state index is -0.963. The Kier molecular flexibility index (Phi) is 5.02. The Morgan fingerprint density at radius 2 is 1.71 bits per heavy atom. The lowest BCUT2D eigenvalue weighted by atomic mass is 9.73. The van der Waals surface area contributed by atoms with E-state index in [1.165, 1.54) is 12.1 Å². The van der Waals surface area contributed by atoms with Gasteiger partial charge in [-0.2, -0.15) is 0 Å². The third-order valence-electron chi connectivity index (χ3n) is 4.96. The molecule has 3 rings (SSSR count). The first-order chi connectivity index (χ1) is 13.1. The molecule has 0 aliphatic carbocycles. The molecule has 2 aromatic rings. The van der Waals surface area contributed by atoms with Crippen LogP contribution < -0.4 is 4.74 Å². The third kappa shape index (κ3) is 4.09. The van der Waals surface area contributed by atoms with E-state index in [0.29, 0.717) is 5.71 Å². The van der Waals surface area contributed by atoms with Gasteiger partial charge in [0.15, 0.2) is 0 Å². The van der Waals surface area contributed by atoms with Crippen molar-refractivity contribution in [3.8, 4) is 5.75 Å². The molecule has 0 saturated heterocycles. The van der Waals surface area contributed by atoms with Crippen LogP contribution in [0.1, 0.15) is 61.2 Å². The summed E-state index contributed by atoms with van der Waals surface area (Å²) in [5.41, 5.74) is 3.05. The molecule has 0 unspecified atom stereocenters. The van der Waals surface area contributed by atoms with Crippen molar-refractivity contribution in [3.05, 3.63) is 70.8 Å². The number of hydrogen-bond donors (Lipinski definition) is 2. The summed E-state index contributed by atoms with van der Waals surface area (Å²) in [6, 6.07) is 12.3. The van der Waals surface area contributed by atoms with Crippen molar-refractivity contribution in [2.24, 2.45) is 5.16 Å². The molecule has 0 bridgehead atoms. The molecule has 1 aliphatic rings. The Bertz CT molecular complexity index is 953. The van der Waals surface area contributed by atoms with Crippen molar-refractivity contribution in [2.75, 3.05) is 0 Å². The SMILES string of the molecule is CC1(C)CC(C)(C)c2cc(C(/C=C/c3ccc(C(=O)O)cc3)=N/O)ccc2O1. The normalized spacial score (nSPS) is 17.8. The smallest absolute Gasteiger partial charge is 0.335 e. The van der Waals surface area contributed by atoms with E-state index in [2.05, 4.69) is 32.9 Å². The molecule has 146 valence electrons. The summed E-state index contributed by atoms with van der Waals surface area (Å²) in [5.74, 6) is -0.106. The number of carbonyl (C=O) groups is 1. The van der Waals surface area contributed by atoms with E-state index in [1.807, 2.05) is 18.2 Å². The minimum absolute atomic E-state index is 0.0654. The summed E-state index contributed by atoms with van der Waals surface area (Å²) >= 11 is 0. The van der Waals surface area contributed by atoms with Crippen molar-refractivity contribution in [1.82, 2.24) is 0 Å². The van der Waals surface area contributed by atoms with E-state index in [9.17, 15) is 10.0 Å². The first kappa shape index (κ1) is 19.7. The molecule has 1 aliphatic heterocycles. The summed E-state index contributed by atoms with van der Waals surface area (Å²) in [5, 5.41) is 21.9. The van der Waals surface area contributed by atoms with E-state index in [1.54, 1.807) is 24.3 Å². The van der Waals surface area contributed by atoms with Crippen LogP contribution in [0.4, 0.5) is 0 Å².